The number of carbonyl (C=O) groups excluding carboxylic acids is 1. The fourth-order valence-electron chi connectivity index (χ4n) is 2.03. The van der Waals surface area contributed by atoms with Crippen LogP contribution in [0, 0.1) is 13.8 Å². The molecule has 1 aromatic heterocycles. The summed E-state index contributed by atoms with van der Waals surface area (Å²) in [7, 11) is 0. The lowest BCUT2D eigenvalue weighted by Crippen LogP contribution is -2.14. The molecule has 1 amide bonds. The van der Waals surface area contributed by atoms with E-state index >= 15 is 0 Å². The van der Waals surface area contributed by atoms with Crippen LogP contribution in [0.1, 0.15) is 21.6 Å². The van der Waals surface area contributed by atoms with Crippen LogP contribution in [0.25, 0.3) is 0 Å². The van der Waals surface area contributed by atoms with Gasteiger partial charge in [-0.2, -0.15) is 0 Å². The highest BCUT2D eigenvalue weighted by atomic mass is 79.9. The zero-order chi connectivity index (χ0) is 14.7. The number of benzene rings is 1. The topological polar surface area (TPSA) is 72.9 Å². The SMILES string of the molecule is Cc1cc(Br)cc(C)c1NC(=O)c1cn(CCN)cn1. The second-order valence-corrected chi connectivity index (χ2v) is 5.57. The van der Waals surface area contributed by atoms with Crippen LogP contribution < -0.4 is 11.1 Å². The largest absolute Gasteiger partial charge is 0.335 e. The monoisotopic (exact) mass is 336 g/mol. The van der Waals surface area contributed by atoms with E-state index in [1.54, 1.807) is 17.1 Å². The number of rotatable bonds is 4. The summed E-state index contributed by atoms with van der Waals surface area (Å²) < 4.78 is 2.80. The summed E-state index contributed by atoms with van der Waals surface area (Å²) in [5.41, 5.74) is 8.70. The first-order chi connectivity index (χ1) is 9.51. The highest BCUT2D eigenvalue weighted by Crippen LogP contribution is 2.25. The summed E-state index contributed by atoms with van der Waals surface area (Å²) >= 11 is 3.44. The molecule has 0 saturated carbocycles. The van der Waals surface area contributed by atoms with Gasteiger partial charge in [-0.05, 0) is 37.1 Å². The summed E-state index contributed by atoms with van der Waals surface area (Å²) in [5.74, 6) is -0.214. The molecule has 0 aliphatic rings. The number of amides is 1. The normalized spacial score (nSPS) is 10.6. The van der Waals surface area contributed by atoms with Gasteiger partial charge >= 0.3 is 0 Å². The number of hydrogen-bond donors (Lipinski definition) is 2. The third kappa shape index (κ3) is 3.26. The number of imidazole rings is 1. The molecular weight excluding hydrogens is 320 g/mol. The summed E-state index contributed by atoms with van der Waals surface area (Å²) in [5, 5.41) is 2.91. The number of nitrogens with zero attached hydrogens (tertiary/aromatic N) is 2. The number of nitrogens with one attached hydrogen (secondary N) is 1. The molecule has 0 bridgehead atoms. The fourth-order valence-corrected chi connectivity index (χ4v) is 2.72. The Kier molecular flexibility index (Phi) is 4.57. The van der Waals surface area contributed by atoms with E-state index in [1.165, 1.54) is 0 Å². The molecule has 0 spiro atoms. The maximum absolute atomic E-state index is 12.2. The van der Waals surface area contributed by atoms with Crippen LogP contribution in [-0.4, -0.2) is 22.0 Å². The molecule has 2 rings (SSSR count). The molecular formula is C14H17BrN4O. The van der Waals surface area contributed by atoms with Crippen molar-refractivity contribution >= 4 is 27.5 Å². The molecule has 2 aromatic rings. The molecule has 0 unspecified atom stereocenters. The van der Waals surface area contributed by atoms with Crippen LogP contribution >= 0.6 is 15.9 Å². The van der Waals surface area contributed by atoms with Crippen LogP contribution in [0.15, 0.2) is 29.1 Å². The van der Waals surface area contributed by atoms with Gasteiger partial charge in [0, 0.05) is 29.4 Å². The van der Waals surface area contributed by atoms with E-state index in [4.69, 9.17) is 5.73 Å². The molecule has 1 heterocycles. The standard InChI is InChI=1S/C14H17BrN4O/c1-9-5-11(15)6-10(2)13(9)18-14(20)12-7-19(4-3-16)8-17-12/h5-8H,3-4,16H2,1-2H3,(H,18,20). The molecule has 0 atom stereocenters. The van der Waals surface area contributed by atoms with E-state index in [0.29, 0.717) is 18.8 Å². The lowest BCUT2D eigenvalue weighted by atomic mass is 10.1. The van der Waals surface area contributed by atoms with Crippen LogP contribution in [0.3, 0.4) is 0 Å². The Labute approximate surface area is 126 Å². The van der Waals surface area contributed by atoms with Crippen molar-refractivity contribution in [3.63, 3.8) is 0 Å². The molecule has 6 heteroatoms. The van der Waals surface area contributed by atoms with Gasteiger partial charge in [-0.3, -0.25) is 4.79 Å². The van der Waals surface area contributed by atoms with Crippen LogP contribution in [0.4, 0.5) is 5.69 Å². The summed E-state index contributed by atoms with van der Waals surface area (Å²) in [6.07, 6.45) is 3.31. The van der Waals surface area contributed by atoms with Crippen LogP contribution in [0.5, 0.6) is 0 Å². The maximum Gasteiger partial charge on any atom is 0.275 e. The van der Waals surface area contributed by atoms with E-state index < -0.39 is 0 Å². The fraction of sp³-hybridized carbons (Fsp3) is 0.286. The van der Waals surface area contributed by atoms with Gasteiger partial charge in [0.15, 0.2) is 0 Å². The van der Waals surface area contributed by atoms with Gasteiger partial charge in [0.1, 0.15) is 5.69 Å². The summed E-state index contributed by atoms with van der Waals surface area (Å²) in [6, 6.07) is 3.94. The van der Waals surface area contributed by atoms with Gasteiger partial charge in [-0.15, -0.1) is 0 Å². The molecule has 0 saturated heterocycles. The smallest absolute Gasteiger partial charge is 0.275 e. The first kappa shape index (κ1) is 14.7. The second kappa shape index (κ2) is 6.19. The van der Waals surface area contributed by atoms with Crippen molar-refractivity contribution in [1.29, 1.82) is 0 Å². The van der Waals surface area contributed by atoms with Crippen molar-refractivity contribution in [2.24, 2.45) is 5.73 Å². The average Bonchev–Trinajstić information content (AvgIpc) is 2.82. The van der Waals surface area contributed by atoms with E-state index in [-0.39, 0.29) is 5.91 Å². The minimum atomic E-state index is -0.214. The van der Waals surface area contributed by atoms with Crippen molar-refractivity contribution in [2.45, 2.75) is 20.4 Å². The summed E-state index contributed by atoms with van der Waals surface area (Å²) in [4.78, 5) is 16.3. The number of nitrogens with two attached hydrogens (primary N) is 1. The molecule has 106 valence electrons. The lowest BCUT2D eigenvalue weighted by molar-refractivity contribution is 0.102. The highest BCUT2D eigenvalue weighted by molar-refractivity contribution is 9.10. The molecule has 5 nitrogen and oxygen atoms in total. The first-order valence-corrected chi connectivity index (χ1v) is 7.10. The van der Waals surface area contributed by atoms with Crippen molar-refractivity contribution in [3.05, 3.63) is 46.0 Å². The molecule has 0 fully saturated rings. The number of aryl methyl sites for hydroxylation is 2. The number of halogens is 1. The lowest BCUT2D eigenvalue weighted by Gasteiger charge is -2.11. The van der Waals surface area contributed by atoms with Crippen LogP contribution in [0.2, 0.25) is 0 Å². The molecule has 3 N–H and O–H groups in total. The van der Waals surface area contributed by atoms with Crippen molar-refractivity contribution in [3.8, 4) is 0 Å². The van der Waals surface area contributed by atoms with E-state index in [9.17, 15) is 4.79 Å². The Hall–Kier alpha value is -1.66. The first-order valence-electron chi connectivity index (χ1n) is 6.31. The number of hydrogen-bond acceptors (Lipinski definition) is 3. The zero-order valence-electron chi connectivity index (χ0n) is 11.5. The van der Waals surface area contributed by atoms with Gasteiger partial charge in [-0.25, -0.2) is 4.98 Å². The van der Waals surface area contributed by atoms with Crippen molar-refractivity contribution in [1.82, 2.24) is 9.55 Å². The average molecular weight is 337 g/mol. The van der Waals surface area contributed by atoms with Gasteiger partial charge in [0.2, 0.25) is 0 Å². The Bertz CT molecular complexity index is 613. The predicted octanol–water partition coefficient (Wildman–Crippen LogP) is 2.47. The Morgan fingerprint density at radius 3 is 2.65 bits per heavy atom. The molecule has 0 aliphatic heterocycles. The third-order valence-electron chi connectivity index (χ3n) is 2.99. The third-order valence-corrected chi connectivity index (χ3v) is 3.45. The van der Waals surface area contributed by atoms with Crippen LogP contribution in [-0.2, 0) is 6.54 Å². The molecule has 0 aliphatic carbocycles. The van der Waals surface area contributed by atoms with Gasteiger partial charge in [0.25, 0.3) is 5.91 Å². The quantitative estimate of drug-likeness (QED) is 0.900. The molecule has 0 radical (unpaired) electrons. The molecule has 1 aromatic carbocycles. The Morgan fingerprint density at radius 2 is 2.05 bits per heavy atom. The van der Waals surface area contributed by atoms with E-state index in [1.807, 2.05) is 26.0 Å². The van der Waals surface area contributed by atoms with Gasteiger partial charge in [-0.1, -0.05) is 15.9 Å². The maximum atomic E-state index is 12.2. The Balaban J connectivity index is 2.19. The van der Waals surface area contributed by atoms with Crippen molar-refractivity contribution < 1.29 is 4.79 Å². The highest BCUT2D eigenvalue weighted by Gasteiger charge is 2.12. The van der Waals surface area contributed by atoms with Gasteiger partial charge in [0.05, 0.1) is 6.33 Å². The minimum Gasteiger partial charge on any atom is -0.335 e. The minimum absolute atomic E-state index is 0.214. The predicted molar refractivity (Wildman–Crippen MR) is 82.9 cm³/mol. The number of carbonyl (C=O) groups is 1. The zero-order valence-corrected chi connectivity index (χ0v) is 13.1. The summed E-state index contributed by atoms with van der Waals surface area (Å²) in [6.45, 7) is 5.08. The van der Waals surface area contributed by atoms with Gasteiger partial charge < -0.3 is 15.6 Å². The Morgan fingerprint density at radius 1 is 1.40 bits per heavy atom. The number of anilines is 1. The van der Waals surface area contributed by atoms with E-state index in [2.05, 4.69) is 26.2 Å². The molecule has 20 heavy (non-hydrogen) atoms. The van der Waals surface area contributed by atoms with E-state index in [0.717, 1.165) is 21.3 Å². The van der Waals surface area contributed by atoms with Crippen molar-refractivity contribution in [2.75, 3.05) is 11.9 Å². The second-order valence-electron chi connectivity index (χ2n) is 4.65. The number of aromatic nitrogens is 2.